The van der Waals surface area contributed by atoms with Gasteiger partial charge in [-0.2, -0.15) is 0 Å². The minimum Gasteiger partial charge on any atom is -0.340 e. The van der Waals surface area contributed by atoms with Crippen molar-refractivity contribution in [2.24, 2.45) is 0 Å². The highest BCUT2D eigenvalue weighted by molar-refractivity contribution is 7.92. The van der Waals surface area contributed by atoms with Crippen LogP contribution in [0.4, 0.5) is 17.2 Å². The van der Waals surface area contributed by atoms with Gasteiger partial charge in [0.1, 0.15) is 23.8 Å². The molecule has 9 heteroatoms. The molecule has 0 atom stereocenters. The number of hydrogen-bond donors (Lipinski definition) is 2. The molecule has 8 nitrogen and oxygen atoms in total. The standard InChI is InChI=1S/C22H22N6O2S/c1-15-4-9-20(12-16(15)2)31(29,30)27-19-7-5-18(6-8-19)26-21-13-22(25-14-24-21)28-11-10-23-17(28)3/h4-14,27H,1-3H3,(H,24,25,26). The zero-order valence-corrected chi connectivity index (χ0v) is 18.2. The third kappa shape index (κ3) is 4.56. The number of aryl methyl sites for hydroxylation is 3. The molecule has 31 heavy (non-hydrogen) atoms. The van der Waals surface area contributed by atoms with E-state index in [1.807, 2.05) is 37.6 Å². The number of rotatable bonds is 6. The Kier molecular flexibility index (Phi) is 5.43. The number of nitrogens with one attached hydrogen (secondary N) is 2. The summed E-state index contributed by atoms with van der Waals surface area (Å²) in [6.45, 7) is 5.73. The molecule has 2 N–H and O–H groups in total. The Hall–Kier alpha value is -3.72. The van der Waals surface area contributed by atoms with Crippen LogP contribution in [0.5, 0.6) is 0 Å². The lowest BCUT2D eigenvalue weighted by atomic mass is 10.1. The number of hydrogen-bond acceptors (Lipinski definition) is 6. The Morgan fingerprint density at radius 3 is 2.26 bits per heavy atom. The van der Waals surface area contributed by atoms with Gasteiger partial charge in [-0.3, -0.25) is 9.29 Å². The molecular formula is C22H22N6O2S. The van der Waals surface area contributed by atoms with Crippen LogP contribution < -0.4 is 10.0 Å². The second-order valence-corrected chi connectivity index (χ2v) is 8.84. The molecule has 4 rings (SSSR count). The summed E-state index contributed by atoms with van der Waals surface area (Å²) in [5.74, 6) is 2.14. The first-order valence-electron chi connectivity index (χ1n) is 9.61. The van der Waals surface area contributed by atoms with Crippen LogP contribution in [-0.2, 0) is 10.0 Å². The summed E-state index contributed by atoms with van der Waals surface area (Å²) >= 11 is 0. The van der Waals surface area contributed by atoms with E-state index < -0.39 is 10.0 Å². The summed E-state index contributed by atoms with van der Waals surface area (Å²) < 4.78 is 29.8. The zero-order chi connectivity index (χ0) is 22.0. The maximum atomic E-state index is 12.7. The van der Waals surface area contributed by atoms with E-state index in [-0.39, 0.29) is 4.90 Å². The van der Waals surface area contributed by atoms with Crippen LogP contribution in [0.2, 0.25) is 0 Å². The van der Waals surface area contributed by atoms with E-state index in [1.165, 1.54) is 6.33 Å². The molecule has 0 spiro atoms. The first-order valence-corrected chi connectivity index (χ1v) is 11.1. The second kappa shape index (κ2) is 8.19. The Bertz CT molecular complexity index is 1330. The van der Waals surface area contributed by atoms with Crippen LogP contribution in [0.25, 0.3) is 5.82 Å². The van der Waals surface area contributed by atoms with Crippen LogP contribution >= 0.6 is 0 Å². The van der Waals surface area contributed by atoms with Crippen molar-refractivity contribution in [3.8, 4) is 5.82 Å². The highest BCUT2D eigenvalue weighted by atomic mass is 32.2. The molecule has 0 radical (unpaired) electrons. The monoisotopic (exact) mass is 434 g/mol. The second-order valence-electron chi connectivity index (χ2n) is 7.16. The fraction of sp³-hybridized carbons (Fsp3) is 0.136. The SMILES string of the molecule is Cc1ccc(S(=O)(=O)Nc2ccc(Nc3cc(-n4ccnc4C)ncn3)cc2)cc1C. The lowest BCUT2D eigenvalue weighted by Crippen LogP contribution is -2.13. The van der Waals surface area contributed by atoms with Gasteiger partial charge in [-0.05, 0) is 68.3 Å². The molecular weight excluding hydrogens is 412 g/mol. The molecule has 0 aliphatic heterocycles. The predicted molar refractivity (Wildman–Crippen MR) is 120 cm³/mol. The molecule has 0 fully saturated rings. The fourth-order valence-corrected chi connectivity index (χ4v) is 4.18. The number of aromatic nitrogens is 4. The van der Waals surface area contributed by atoms with Crippen molar-refractivity contribution in [3.63, 3.8) is 0 Å². The minimum absolute atomic E-state index is 0.237. The Balaban J connectivity index is 1.49. The molecule has 2 heterocycles. The molecule has 0 saturated heterocycles. The Morgan fingerprint density at radius 1 is 0.839 bits per heavy atom. The molecule has 4 aromatic rings. The molecule has 0 unspecified atom stereocenters. The van der Waals surface area contributed by atoms with Gasteiger partial charge in [-0.15, -0.1) is 0 Å². The molecule has 158 valence electrons. The molecule has 0 saturated carbocycles. The predicted octanol–water partition coefficient (Wildman–Crippen LogP) is 4.13. The molecule has 0 aliphatic carbocycles. The van der Waals surface area contributed by atoms with Crippen LogP contribution in [0.1, 0.15) is 17.0 Å². The lowest BCUT2D eigenvalue weighted by molar-refractivity contribution is 0.601. The summed E-state index contributed by atoms with van der Waals surface area (Å²) in [6.07, 6.45) is 5.02. The smallest absolute Gasteiger partial charge is 0.261 e. The first-order chi connectivity index (χ1) is 14.8. The van der Waals surface area contributed by atoms with E-state index >= 15 is 0 Å². The number of imidazole rings is 1. The van der Waals surface area contributed by atoms with E-state index in [0.29, 0.717) is 17.3 Å². The van der Waals surface area contributed by atoms with Crippen LogP contribution in [0.3, 0.4) is 0 Å². The molecule has 0 aliphatic rings. The third-order valence-electron chi connectivity index (χ3n) is 4.92. The normalized spacial score (nSPS) is 11.3. The zero-order valence-electron chi connectivity index (χ0n) is 17.4. The minimum atomic E-state index is -3.66. The summed E-state index contributed by atoms with van der Waals surface area (Å²) in [7, 11) is -3.66. The van der Waals surface area contributed by atoms with Crippen LogP contribution in [-0.4, -0.2) is 27.9 Å². The maximum absolute atomic E-state index is 12.7. The van der Waals surface area contributed by atoms with Gasteiger partial charge >= 0.3 is 0 Å². The van der Waals surface area contributed by atoms with E-state index in [0.717, 1.165) is 22.6 Å². The molecule has 2 aromatic heterocycles. The van der Waals surface area contributed by atoms with Gasteiger partial charge in [-0.1, -0.05) is 6.07 Å². The number of nitrogens with zero attached hydrogens (tertiary/aromatic N) is 4. The van der Waals surface area contributed by atoms with Gasteiger partial charge in [0.15, 0.2) is 0 Å². The van der Waals surface area contributed by atoms with Crippen molar-refractivity contribution in [1.29, 1.82) is 0 Å². The van der Waals surface area contributed by atoms with Gasteiger partial charge < -0.3 is 5.32 Å². The number of sulfonamides is 1. The van der Waals surface area contributed by atoms with Crippen molar-refractivity contribution < 1.29 is 8.42 Å². The summed E-state index contributed by atoms with van der Waals surface area (Å²) in [5, 5.41) is 3.20. The van der Waals surface area contributed by atoms with Crippen molar-refractivity contribution in [2.45, 2.75) is 25.7 Å². The Labute approximate surface area is 181 Å². The number of anilines is 3. The van der Waals surface area contributed by atoms with Gasteiger partial charge in [-0.25, -0.2) is 23.4 Å². The average molecular weight is 435 g/mol. The topological polar surface area (TPSA) is 102 Å². The summed E-state index contributed by atoms with van der Waals surface area (Å²) in [5.41, 5.74) is 3.21. The summed E-state index contributed by atoms with van der Waals surface area (Å²) in [4.78, 5) is 13.0. The average Bonchev–Trinajstić information content (AvgIpc) is 3.17. The largest absolute Gasteiger partial charge is 0.340 e. The van der Waals surface area contributed by atoms with E-state index in [9.17, 15) is 8.42 Å². The molecule has 0 bridgehead atoms. The first kappa shape index (κ1) is 20.5. The van der Waals surface area contributed by atoms with E-state index in [2.05, 4.69) is 25.0 Å². The highest BCUT2D eigenvalue weighted by Crippen LogP contribution is 2.22. The molecule has 0 amide bonds. The maximum Gasteiger partial charge on any atom is 0.261 e. The van der Waals surface area contributed by atoms with Gasteiger partial charge in [0.2, 0.25) is 0 Å². The van der Waals surface area contributed by atoms with Gasteiger partial charge in [0.05, 0.1) is 4.90 Å². The van der Waals surface area contributed by atoms with Crippen molar-refractivity contribution in [2.75, 3.05) is 10.0 Å². The van der Waals surface area contributed by atoms with Crippen LogP contribution in [0, 0.1) is 20.8 Å². The van der Waals surface area contributed by atoms with Crippen molar-refractivity contribution >= 4 is 27.2 Å². The van der Waals surface area contributed by atoms with Gasteiger partial charge in [0.25, 0.3) is 10.0 Å². The lowest BCUT2D eigenvalue weighted by Gasteiger charge is -2.11. The fourth-order valence-electron chi connectivity index (χ4n) is 3.03. The van der Waals surface area contributed by atoms with Crippen molar-refractivity contribution in [1.82, 2.24) is 19.5 Å². The quantitative estimate of drug-likeness (QED) is 0.473. The summed E-state index contributed by atoms with van der Waals surface area (Å²) in [6, 6.07) is 13.8. The van der Waals surface area contributed by atoms with Crippen molar-refractivity contribution in [3.05, 3.63) is 84.2 Å². The third-order valence-corrected chi connectivity index (χ3v) is 6.30. The van der Waals surface area contributed by atoms with Gasteiger partial charge in [0, 0.05) is 29.8 Å². The molecule has 2 aromatic carbocycles. The van der Waals surface area contributed by atoms with E-state index in [1.54, 1.807) is 48.7 Å². The van der Waals surface area contributed by atoms with E-state index in [4.69, 9.17) is 0 Å². The highest BCUT2D eigenvalue weighted by Gasteiger charge is 2.15. The van der Waals surface area contributed by atoms with Crippen LogP contribution in [0.15, 0.2) is 72.1 Å². The number of benzene rings is 2. The Morgan fingerprint density at radius 2 is 1.58 bits per heavy atom.